The number of hydrogen-bond acceptors (Lipinski definition) is 5. The molecule has 0 aromatic carbocycles. The fraction of sp³-hybridized carbons (Fsp3) is 0.429. The summed E-state index contributed by atoms with van der Waals surface area (Å²) < 4.78 is 5.80. The summed E-state index contributed by atoms with van der Waals surface area (Å²) in [5, 5.41) is 5.44. The molecule has 4 nitrogen and oxygen atoms in total. The molecule has 100 valence electrons. The van der Waals surface area contributed by atoms with Crippen LogP contribution in [-0.2, 0) is 0 Å². The van der Waals surface area contributed by atoms with Crippen LogP contribution < -0.4 is 10.1 Å². The molecular weight excluding hydrogens is 258 g/mol. The molecule has 1 aliphatic heterocycles. The van der Waals surface area contributed by atoms with Crippen LogP contribution in [0.2, 0.25) is 0 Å². The fourth-order valence-electron chi connectivity index (χ4n) is 2.25. The molecule has 0 radical (unpaired) electrons. The van der Waals surface area contributed by atoms with Crippen molar-refractivity contribution in [3.63, 3.8) is 0 Å². The van der Waals surface area contributed by atoms with Gasteiger partial charge in [0.05, 0.1) is 17.2 Å². The maximum absolute atomic E-state index is 5.80. The predicted octanol–water partition coefficient (Wildman–Crippen LogP) is 2.58. The zero-order valence-corrected chi connectivity index (χ0v) is 11.5. The molecule has 1 saturated heterocycles. The van der Waals surface area contributed by atoms with Gasteiger partial charge in [0.2, 0.25) is 5.88 Å². The third-order valence-electron chi connectivity index (χ3n) is 3.28. The Morgan fingerprint density at radius 1 is 1.42 bits per heavy atom. The van der Waals surface area contributed by atoms with Gasteiger partial charge in [-0.2, -0.15) is 0 Å². The first-order chi connectivity index (χ1) is 9.42. The van der Waals surface area contributed by atoms with E-state index in [2.05, 4.69) is 21.4 Å². The smallest absolute Gasteiger partial charge is 0.216 e. The summed E-state index contributed by atoms with van der Waals surface area (Å²) in [4.78, 5) is 9.61. The molecule has 1 fully saturated rings. The molecule has 0 saturated carbocycles. The van der Waals surface area contributed by atoms with Crippen LogP contribution in [0.25, 0.3) is 10.6 Å². The van der Waals surface area contributed by atoms with E-state index in [9.17, 15) is 0 Å². The van der Waals surface area contributed by atoms with Gasteiger partial charge in [-0.1, -0.05) is 6.07 Å². The zero-order valence-electron chi connectivity index (χ0n) is 10.7. The quantitative estimate of drug-likeness (QED) is 0.931. The van der Waals surface area contributed by atoms with Crippen LogP contribution >= 0.6 is 11.3 Å². The Hall–Kier alpha value is -1.46. The van der Waals surface area contributed by atoms with E-state index in [0.29, 0.717) is 11.8 Å². The van der Waals surface area contributed by atoms with Crippen LogP contribution in [0.1, 0.15) is 12.8 Å². The maximum atomic E-state index is 5.80. The molecule has 0 bridgehead atoms. The van der Waals surface area contributed by atoms with Gasteiger partial charge in [0.25, 0.3) is 0 Å². The molecule has 1 atom stereocenters. The van der Waals surface area contributed by atoms with Crippen molar-refractivity contribution in [3.8, 4) is 16.5 Å². The predicted molar refractivity (Wildman–Crippen MR) is 76.4 cm³/mol. The Balaban J connectivity index is 1.63. The van der Waals surface area contributed by atoms with Crippen molar-refractivity contribution < 1.29 is 4.74 Å². The fourth-order valence-corrected chi connectivity index (χ4v) is 2.94. The van der Waals surface area contributed by atoms with E-state index in [0.717, 1.165) is 30.3 Å². The molecule has 1 N–H and O–H groups in total. The molecule has 3 rings (SSSR count). The van der Waals surface area contributed by atoms with Crippen LogP contribution in [0.4, 0.5) is 0 Å². The molecule has 0 spiro atoms. The Morgan fingerprint density at radius 2 is 2.42 bits per heavy atom. The largest absolute Gasteiger partial charge is 0.477 e. The highest BCUT2D eigenvalue weighted by atomic mass is 32.1. The van der Waals surface area contributed by atoms with Gasteiger partial charge in [-0.25, -0.2) is 9.97 Å². The lowest BCUT2D eigenvalue weighted by molar-refractivity contribution is 0.212. The van der Waals surface area contributed by atoms with Crippen molar-refractivity contribution in [1.82, 2.24) is 15.3 Å². The van der Waals surface area contributed by atoms with Crippen molar-refractivity contribution >= 4 is 11.3 Å². The monoisotopic (exact) mass is 275 g/mol. The van der Waals surface area contributed by atoms with E-state index in [1.807, 2.05) is 17.5 Å². The van der Waals surface area contributed by atoms with E-state index in [4.69, 9.17) is 4.74 Å². The lowest BCUT2D eigenvalue weighted by Crippen LogP contribution is -2.33. The Labute approximate surface area is 116 Å². The number of thiophene rings is 1. The van der Waals surface area contributed by atoms with Crippen LogP contribution in [0.3, 0.4) is 0 Å². The number of nitrogens with one attached hydrogen (secondary N) is 1. The van der Waals surface area contributed by atoms with E-state index in [1.54, 1.807) is 17.7 Å². The normalized spacial score (nSPS) is 19.3. The lowest BCUT2D eigenvalue weighted by Gasteiger charge is -2.22. The van der Waals surface area contributed by atoms with Crippen molar-refractivity contribution in [1.29, 1.82) is 0 Å². The number of piperidine rings is 1. The molecule has 0 aliphatic carbocycles. The van der Waals surface area contributed by atoms with Gasteiger partial charge >= 0.3 is 0 Å². The lowest BCUT2D eigenvalue weighted by atomic mass is 10.0. The number of nitrogens with zero attached hydrogens (tertiary/aromatic N) is 2. The molecule has 3 heterocycles. The number of aromatic nitrogens is 2. The topological polar surface area (TPSA) is 47.0 Å². The molecule has 1 unspecified atom stereocenters. The first-order valence-corrected chi connectivity index (χ1v) is 7.49. The van der Waals surface area contributed by atoms with E-state index in [-0.39, 0.29) is 0 Å². The van der Waals surface area contributed by atoms with Gasteiger partial charge in [0.15, 0.2) is 0 Å². The molecule has 1 aliphatic rings. The standard InChI is InChI=1S/C14H17N3OS/c1-3-11(8-15-5-1)9-18-14-7-12(16-10-17-14)13-4-2-6-19-13/h2,4,6-7,10-11,15H,1,3,5,8-9H2. The average molecular weight is 275 g/mol. The number of ether oxygens (including phenoxy) is 1. The van der Waals surface area contributed by atoms with Crippen molar-refractivity contribution in [3.05, 3.63) is 29.9 Å². The molecular formula is C14H17N3OS. The second-order valence-electron chi connectivity index (χ2n) is 4.74. The molecule has 2 aromatic rings. The van der Waals surface area contributed by atoms with Gasteiger partial charge in [0, 0.05) is 18.5 Å². The van der Waals surface area contributed by atoms with Gasteiger partial charge in [-0.3, -0.25) is 0 Å². The van der Waals surface area contributed by atoms with E-state index < -0.39 is 0 Å². The van der Waals surface area contributed by atoms with Gasteiger partial charge in [0.1, 0.15) is 6.33 Å². The Kier molecular flexibility index (Phi) is 4.05. The maximum Gasteiger partial charge on any atom is 0.216 e. The molecule has 5 heteroatoms. The summed E-state index contributed by atoms with van der Waals surface area (Å²) >= 11 is 1.68. The minimum Gasteiger partial charge on any atom is -0.477 e. The van der Waals surface area contributed by atoms with Gasteiger partial charge in [-0.05, 0) is 30.8 Å². The summed E-state index contributed by atoms with van der Waals surface area (Å²) in [5.41, 5.74) is 0.932. The molecule has 19 heavy (non-hydrogen) atoms. The SMILES string of the molecule is c1csc(-c2cc(OCC3CCCNC3)ncn2)c1. The van der Waals surface area contributed by atoms with Gasteiger partial charge in [-0.15, -0.1) is 11.3 Å². The minimum absolute atomic E-state index is 0.592. The second-order valence-corrected chi connectivity index (χ2v) is 5.69. The van der Waals surface area contributed by atoms with E-state index >= 15 is 0 Å². The Morgan fingerprint density at radius 3 is 3.21 bits per heavy atom. The van der Waals surface area contributed by atoms with Crippen LogP contribution in [0.5, 0.6) is 5.88 Å². The summed E-state index contributed by atoms with van der Waals surface area (Å²) in [6.45, 7) is 2.91. The third kappa shape index (κ3) is 3.30. The number of rotatable bonds is 4. The van der Waals surface area contributed by atoms with Crippen molar-refractivity contribution in [2.24, 2.45) is 5.92 Å². The van der Waals surface area contributed by atoms with Crippen molar-refractivity contribution in [2.75, 3.05) is 19.7 Å². The highest BCUT2D eigenvalue weighted by molar-refractivity contribution is 7.13. The van der Waals surface area contributed by atoms with Crippen LogP contribution in [0, 0.1) is 5.92 Å². The Bertz CT molecular complexity index is 509. The van der Waals surface area contributed by atoms with Gasteiger partial charge < -0.3 is 10.1 Å². The summed E-state index contributed by atoms with van der Waals surface area (Å²) in [6.07, 6.45) is 4.04. The third-order valence-corrected chi connectivity index (χ3v) is 4.17. The summed E-state index contributed by atoms with van der Waals surface area (Å²) in [7, 11) is 0. The minimum atomic E-state index is 0.592. The second kappa shape index (κ2) is 6.12. The summed E-state index contributed by atoms with van der Waals surface area (Å²) in [5.74, 6) is 1.26. The van der Waals surface area contributed by atoms with E-state index in [1.165, 1.54) is 12.8 Å². The molecule has 0 amide bonds. The summed E-state index contributed by atoms with van der Waals surface area (Å²) in [6, 6.07) is 6.00. The first-order valence-electron chi connectivity index (χ1n) is 6.61. The highest BCUT2D eigenvalue weighted by Crippen LogP contribution is 2.24. The van der Waals surface area contributed by atoms with Crippen LogP contribution in [0.15, 0.2) is 29.9 Å². The van der Waals surface area contributed by atoms with Crippen molar-refractivity contribution in [2.45, 2.75) is 12.8 Å². The first kappa shape index (κ1) is 12.6. The highest BCUT2D eigenvalue weighted by Gasteiger charge is 2.14. The molecule has 2 aromatic heterocycles. The number of hydrogen-bond donors (Lipinski definition) is 1. The zero-order chi connectivity index (χ0) is 12.9. The van der Waals surface area contributed by atoms with Crippen LogP contribution in [-0.4, -0.2) is 29.7 Å². The average Bonchev–Trinajstić information content (AvgIpc) is 3.01.